The fourth-order valence-corrected chi connectivity index (χ4v) is 3.50. The molecule has 0 aliphatic heterocycles. The van der Waals surface area contributed by atoms with Gasteiger partial charge in [0.1, 0.15) is 5.75 Å². The molecule has 0 radical (unpaired) electrons. The van der Waals surface area contributed by atoms with Crippen LogP contribution in [-0.2, 0) is 4.74 Å². The number of aromatic nitrogens is 1. The van der Waals surface area contributed by atoms with Crippen molar-refractivity contribution in [1.29, 1.82) is 0 Å². The first-order chi connectivity index (χ1) is 15.8. The minimum atomic E-state index is -0.370. The number of carbonyl (C=O) groups is 2. The lowest BCUT2D eigenvalue weighted by Crippen LogP contribution is -2.17. The summed E-state index contributed by atoms with van der Waals surface area (Å²) in [6.07, 6.45) is 1.39. The summed E-state index contributed by atoms with van der Waals surface area (Å²) in [5, 5.41) is 4.12. The summed E-state index contributed by atoms with van der Waals surface area (Å²) in [7, 11) is 0. The highest BCUT2D eigenvalue weighted by molar-refractivity contribution is 5.95. The molecule has 1 heterocycles. The third kappa shape index (κ3) is 5.68. The van der Waals surface area contributed by atoms with Crippen molar-refractivity contribution >= 4 is 18.1 Å². The summed E-state index contributed by atoms with van der Waals surface area (Å²) in [4.78, 5) is 25.0. The maximum absolute atomic E-state index is 12.6. The van der Waals surface area contributed by atoms with E-state index in [-0.39, 0.29) is 18.0 Å². The number of aryl methyl sites for hydroxylation is 1. The first-order valence-corrected chi connectivity index (χ1v) is 10.9. The molecule has 3 aromatic rings. The first kappa shape index (κ1) is 23.8. The molecule has 2 aromatic carbocycles. The molecule has 0 saturated heterocycles. The Kier molecular flexibility index (Phi) is 7.66. The van der Waals surface area contributed by atoms with Crippen LogP contribution >= 0.6 is 0 Å². The summed E-state index contributed by atoms with van der Waals surface area (Å²) < 4.78 is 12.8. The molecular formula is C26H29N3O4. The Morgan fingerprint density at radius 1 is 1.09 bits per heavy atom. The second-order valence-corrected chi connectivity index (χ2v) is 7.79. The molecule has 0 fully saturated rings. The lowest BCUT2D eigenvalue weighted by molar-refractivity contribution is 0.0378. The van der Waals surface area contributed by atoms with E-state index in [2.05, 4.69) is 10.5 Å². The van der Waals surface area contributed by atoms with Gasteiger partial charge in [0.15, 0.2) is 0 Å². The number of rotatable bonds is 8. The maximum Gasteiger partial charge on any atom is 0.340 e. The van der Waals surface area contributed by atoms with Gasteiger partial charge in [0, 0.05) is 22.5 Å². The van der Waals surface area contributed by atoms with Gasteiger partial charge in [-0.25, -0.2) is 10.2 Å². The van der Waals surface area contributed by atoms with E-state index in [1.807, 2.05) is 63.5 Å². The van der Waals surface area contributed by atoms with Crippen molar-refractivity contribution in [1.82, 2.24) is 9.99 Å². The number of carbonyl (C=O) groups excluding carboxylic acids is 2. The minimum absolute atomic E-state index is 0.209. The Morgan fingerprint density at radius 3 is 2.45 bits per heavy atom. The van der Waals surface area contributed by atoms with Crippen molar-refractivity contribution in [2.45, 2.75) is 40.7 Å². The first-order valence-electron chi connectivity index (χ1n) is 10.9. The van der Waals surface area contributed by atoms with Crippen molar-refractivity contribution in [3.63, 3.8) is 0 Å². The lowest BCUT2D eigenvalue weighted by atomic mass is 10.1. The van der Waals surface area contributed by atoms with Crippen LogP contribution in [0.15, 0.2) is 59.7 Å². The number of nitrogens with zero attached hydrogens (tertiary/aromatic N) is 2. The minimum Gasteiger partial charge on any atom is -0.494 e. The highest BCUT2D eigenvalue weighted by Crippen LogP contribution is 2.24. The van der Waals surface area contributed by atoms with Crippen LogP contribution in [0, 0.1) is 13.8 Å². The van der Waals surface area contributed by atoms with Crippen molar-refractivity contribution in [3.05, 3.63) is 82.7 Å². The van der Waals surface area contributed by atoms with Crippen molar-refractivity contribution in [3.8, 4) is 11.4 Å². The average Bonchev–Trinajstić information content (AvgIpc) is 3.06. The normalized spacial score (nSPS) is 11.1. The molecule has 7 nitrogen and oxygen atoms in total. The molecule has 0 bridgehead atoms. The zero-order chi connectivity index (χ0) is 24.0. The van der Waals surface area contributed by atoms with Crippen LogP contribution < -0.4 is 10.2 Å². The van der Waals surface area contributed by atoms with E-state index in [1.54, 1.807) is 36.5 Å². The Morgan fingerprint density at radius 2 is 1.79 bits per heavy atom. The van der Waals surface area contributed by atoms with Crippen molar-refractivity contribution < 1.29 is 19.1 Å². The van der Waals surface area contributed by atoms with E-state index in [0.717, 1.165) is 22.6 Å². The van der Waals surface area contributed by atoms with Gasteiger partial charge in [0.25, 0.3) is 5.91 Å². The highest BCUT2D eigenvalue weighted by Gasteiger charge is 2.18. The van der Waals surface area contributed by atoms with Gasteiger partial charge in [-0.3, -0.25) is 4.79 Å². The summed E-state index contributed by atoms with van der Waals surface area (Å²) in [6, 6.07) is 16.2. The molecular weight excluding hydrogens is 418 g/mol. The van der Waals surface area contributed by atoms with Crippen LogP contribution in [0.3, 0.4) is 0 Å². The molecule has 0 unspecified atom stereocenters. The van der Waals surface area contributed by atoms with E-state index >= 15 is 0 Å². The molecule has 172 valence electrons. The molecule has 3 rings (SSSR count). The number of hydrazone groups is 1. The molecule has 1 amide bonds. The fourth-order valence-electron chi connectivity index (χ4n) is 3.50. The Balaban J connectivity index is 1.79. The Labute approximate surface area is 194 Å². The second-order valence-electron chi connectivity index (χ2n) is 7.79. The third-order valence-corrected chi connectivity index (χ3v) is 4.98. The number of nitrogens with one attached hydrogen (secondary N) is 1. The van der Waals surface area contributed by atoms with Crippen molar-refractivity contribution in [2.75, 3.05) is 6.61 Å². The van der Waals surface area contributed by atoms with Crippen LogP contribution in [0.25, 0.3) is 5.69 Å². The molecule has 1 N–H and O–H groups in total. The lowest BCUT2D eigenvalue weighted by Gasteiger charge is -2.15. The van der Waals surface area contributed by atoms with Crippen LogP contribution in [0.1, 0.15) is 58.4 Å². The van der Waals surface area contributed by atoms with Gasteiger partial charge in [0.2, 0.25) is 0 Å². The number of amides is 1. The molecule has 1 aromatic heterocycles. The summed E-state index contributed by atoms with van der Waals surface area (Å²) in [6.45, 7) is 10.0. The van der Waals surface area contributed by atoms with E-state index in [4.69, 9.17) is 9.47 Å². The van der Waals surface area contributed by atoms with Crippen LogP contribution in [0.2, 0.25) is 0 Å². The van der Waals surface area contributed by atoms with E-state index in [1.165, 1.54) is 0 Å². The summed E-state index contributed by atoms with van der Waals surface area (Å²) in [5.41, 5.74) is 6.89. The van der Waals surface area contributed by atoms with E-state index < -0.39 is 0 Å². The fraction of sp³-hybridized carbons (Fsp3) is 0.269. The summed E-state index contributed by atoms with van der Waals surface area (Å²) in [5.74, 6) is 0.0263. The zero-order valence-corrected chi connectivity index (χ0v) is 19.6. The standard InChI is InChI=1S/C26H29N3O4/c1-6-32-22-13-11-20(12-14-22)25(30)28-27-16-21-15-18(4)29(19(21)5)24-10-8-7-9-23(24)26(31)33-17(2)3/h7-17H,6H2,1-5H3,(H,28,30)/b27-16+. The largest absolute Gasteiger partial charge is 0.494 e. The number of hydrogen-bond acceptors (Lipinski definition) is 5. The van der Waals surface area contributed by atoms with Gasteiger partial charge in [0.05, 0.1) is 30.2 Å². The van der Waals surface area contributed by atoms with Crippen molar-refractivity contribution in [2.24, 2.45) is 5.10 Å². The Hall–Kier alpha value is -3.87. The van der Waals surface area contributed by atoms with Crippen LogP contribution in [0.5, 0.6) is 5.75 Å². The summed E-state index contributed by atoms with van der Waals surface area (Å²) >= 11 is 0. The van der Waals surface area contributed by atoms with Gasteiger partial charge in [-0.05, 0) is 77.1 Å². The molecule has 0 atom stereocenters. The predicted molar refractivity (Wildman–Crippen MR) is 128 cm³/mol. The van der Waals surface area contributed by atoms with Gasteiger partial charge in [-0.15, -0.1) is 0 Å². The number of benzene rings is 2. The zero-order valence-electron chi connectivity index (χ0n) is 19.6. The van der Waals surface area contributed by atoms with Crippen LogP contribution in [0.4, 0.5) is 0 Å². The smallest absolute Gasteiger partial charge is 0.340 e. The van der Waals surface area contributed by atoms with Gasteiger partial charge in [-0.2, -0.15) is 5.10 Å². The van der Waals surface area contributed by atoms with Gasteiger partial charge in [-0.1, -0.05) is 12.1 Å². The quantitative estimate of drug-likeness (QED) is 0.305. The van der Waals surface area contributed by atoms with E-state index in [9.17, 15) is 9.59 Å². The molecule has 0 aliphatic carbocycles. The molecule has 0 saturated carbocycles. The second kappa shape index (κ2) is 10.6. The SMILES string of the molecule is CCOc1ccc(C(=O)N/N=C/c2cc(C)n(-c3ccccc3C(=O)OC(C)C)c2C)cc1. The maximum atomic E-state index is 12.6. The van der Waals surface area contributed by atoms with Gasteiger partial charge < -0.3 is 14.0 Å². The number of esters is 1. The number of ether oxygens (including phenoxy) is 2. The Bertz CT molecular complexity index is 1160. The third-order valence-electron chi connectivity index (χ3n) is 4.98. The molecule has 7 heteroatoms. The topological polar surface area (TPSA) is 81.9 Å². The van der Waals surface area contributed by atoms with Gasteiger partial charge >= 0.3 is 5.97 Å². The number of hydrogen-bond donors (Lipinski definition) is 1. The average molecular weight is 448 g/mol. The van der Waals surface area contributed by atoms with E-state index in [0.29, 0.717) is 23.5 Å². The van der Waals surface area contributed by atoms with Crippen LogP contribution in [-0.4, -0.2) is 35.4 Å². The predicted octanol–water partition coefficient (Wildman–Crippen LogP) is 4.82. The highest BCUT2D eigenvalue weighted by atomic mass is 16.5. The monoisotopic (exact) mass is 447 g/mol. The molecule has 0 spiro atoms. The number of para-hydroxylation sites is 1. The molecule has 33 heavy (non-hydrogen) atoms. The molecule has 0 aliphatic rings.